The van der Waals surface area contributed by atoms with Gasteiger partial charge >= 0.3 is 0 Å². The number of halogens is 1. The molecule has 1 rings (SSSR count). The van der Waals surface area contributed by atoms with Gasteiger partial charge in [0, 0.05) is 5.56 Å². The molecule has 0 aliphatic carbocycles. The summed E-state index contributed by atoms with van der Waals surface area (Å²) in [5.74, 6) is -0.352. The minimum Gasteiger partial charge on any atom is -0.334 e. The monoisotopic (exact) mass is 196 g/mol. The first-order valence-electron chi connectivity index (χ1n) is 4.32. The maximum Gasteiger partial charge on any atom is 0.252 e. The van der Waals surface area contributed by atoms with Crippen molar-refractivity contribution < 1.29 is 9.18 Å². The van der Waals surface area contributed by atoms with E-state index in [0.717, 1.165) is 5.56 Å². The number of benzene rings is 1. The van der Waals surface area contributed by atoms with E-state index in [1.54, 1.807) is 12.1 Å². The number of hydrogen-bond acceptors (Lipinski definition) is 2. The SMILES string of the molecule is Cc1ccc(C(=O)NC(N)CF)cc1. The van der Waals surface area contributed by atoms with Crippen molar-refractivity contribution in [3.05, 3.63) is 35.4 Å². The van der Waals surface area contributed by atoms with E-state index in [1.165, 1.54) is 0 Å². The van der Waals surface area contributed by atoms with Crippen LogP contribution in [0.25, 0.3) is 0 Å². The standard InChI is InChI=1S/C10H13FN2O/c1-7-2-4-8(5-3-7)10(14)13-9(12)6-11/h2-5,9H,6,12H2,1H3,(H,13,14). The van der Waals surface area contributed by atoms with Gasteiger partial charge in [-0.2, -0.15) is 0 Å². The van der Waals surface area contributed by atoms with Crippen molar-refractivity contribution in [3.8, 4) is 0 Å². The second-order valence-corrected chi connectivity index (χ2v) is 3.10. The number of carbonyl (C=O) groups is 1. The predicted molar refractivity (Wildman–Crippen MR) is 52.6 cm³/mol. The second-order valence-electron chi connectivity index (χ2n) is 3.10. The van der Waals surface area contributed by atoms with Gasteiger partial charge in [-0.15, -0.1) is 0 Å². The maximum absolute atomic E-state index is 12.0. The van der Waals surface area contributed by atoms with E-state index >= 15 is 0 Å². The van der Waals surface area contributed by atoms with Gasteiger partial charge in [0.2, 0.25) is 0 Å². The highest BCUT2D eigenvalue weighted by Crippen LogP contribution is 2.02. The molecule has 0 aromatic heterocycles. The lowest BCUT2D eigenvalue weighted by Crippen LogP contribution is -2.43. The van der Waals surface area contributed by atoms with Crippen molar-refractivity contribution >= 4 is 5.91 Å². The van der Waals surface area contributed by atoms with Gasteiger partial charge in [-0.05, 0) is 19.1 Å². The average molecular weight is 196 g/mol. The summed E-state index contributed by atoms with van der Waals surface area (Å²) in [7, 11) is 0. The highest BCUT2D eigenvalue weighted by atomic mass is 19.1. The zero-order valence-electron chi connectivity index (χ0n) is 7.96. The Morgan fingerprint density at radius 3 is 2.57 bits per heavy atom. The Balaban J connectivity index is 2.65. The van der Waals surface area contributed by atoms with Crippen LogP contribution < -0.4 is 11.1 Å². The molecule has 1 amide bonds. The largest absolute Gasteiger partial charge is 0.334 e. The molecular weight excluding hydrogens is 183 g/mol. The summed E-state index contributed by atoms with van der Waals surface area (Å²) in [6, 6.07) is 6.98. The van der Waals surface area contributed by atoms with Gasteiger partial charge in [-0.25, -0.2) is 4.39 Å². The van der Waals surface area contributed by atoms with Crippen LogP contribution in [0.1, 0.15) is 15.9 Å². The number of nitrogens with one attached hydrogen (secondary N) is 1. The van der Waals surface area contributed by atoms with Gasteiger partial charge in [0.25, 0.3) is 5.91 Å². The quantitative estimate of drug-likeness (QED) is 0.708. The second kappa shape index (κ2) is 4.72. The van der Waals surface area contributed by atoms with Crippen molar-refractivity contribution in [3.63, 3.8) is 0 Å². The third-order valence-corrected chi connectivity index (χ3v) is 1.80. The van der Waals surface area contributed by atoms with Crippen LogP contribution in [0.4, 0.5) is 4.39 Å². The normalized spacial score (nSPS) is 12.2. The summed E-state index contributed by atoms with van der Waals surface area (Å²) in [4.78, 5) is 11.4. The molecule has 1 atom stereocenters. The average Bonchev–Trinajstić information content (AvgIpc) is 2.18. The zero-order chi connectivity index (χ0) is 10.6. The Bertz CT molecular complexity index is 310. The first-order valence-corrected chi connectivity index (χ1v) is 4.32. The molecule has 14 heavy (non-hydrogen) atoms. The molecule has 1 aromatic rings. The highest BCUT2D eigenvalue weighted by Gasteiger charge is 2.08. The molecule has 0 fully saturated rings. The number of amides is 1. The summed E-state index contributed by atoms with van der Waals surface area (Å²) < 4.78 is 12.0. The van der Waals surface area contributed by atoms with Gasteiger partial charge < -0.3 is 11.1 Å². The van der Waals surface area contributed by atoms with Crippen molar-refractivity contribution in [2.24, 2.45) is 5.73 Å². The van der Waals surface area contributed by atoms with Crippen LogP contribution in [-0.4, -0.2) is 18.7 Å². The molecule has 0 saturated carbocycles. The van der Waals surface area contributed by atoms with Crippen LogP contribution in [-0.2, 0) is 0 Å². The van der Waals surface area contributed by atoms with Crippen LogP contribution in [0, 0.1) is 6.92 Å². The third-order valence-electron chi connectivity index (χ3n) is 1.80. The smallest absolute Gasteiger partial charge is 0.252 e. The molecule has 0 aliphatic rings. The lowest BCUT2D eigenvalue weighted by atomic mass is 10.1. The Morgan fingerprint density at radius 2 is 2.07 bits per heavy atom. The van der Waals surface area contributed by atoms with Gasteiger partial charge in [0.15, 0.2) is 0 Å². The highest BCUT2D eigenvalue weighted by molar-refractivity contribution is 5.94. The number of carbonyl (C=O) groups excluding carboxylic acids is 1. The fraction of sp³-hybridized carbons (Fsp3) is 0.300. The third kappa shape index (κ3) is 2.81. The summed E-state index contributed by atoms with van der Waals surface area (Å²) >= 11 is 0. The fourth-order valence-electron chi connectivity index (χ4n) is 0.995. The van der Waals surface area contributed by atoms with Gasteiger partial charge in [-0.1, -0.05) is 17.7 Å². The molecule has 0 heterocycles. The zero-order valence-corrected chi connectivity index (χ0v) is 7.96. The summed E-state index contributed by atoms with van der Waals surface area (Å²) in [6.45, 7) is 1.16. The summed E-state index contributed by atoms with van der Waals surface area (Å²) in [5.41, 5.74) is 6.79. The Morgan fingerprint density at radius 1 is 1.50 bits per heavy atom. The molecule has 0 saturated heterocycles. The molecule has 0 radical (unpaired) electrons. The van der Waals surface area contributed by atoms with Gasteiger partial charge in [-0.3, -0.25) is 4.79 Å². The number of rotatable bonds is 3. The van der Waals surface area contributed by atoms with E-state index in [2.05, 4.69) is 5.32 Å². The molecule has 0 bridgehead atoms. The number of hydrogen-bond donors (Lipinski definition) is 2. The molecular formula is C10H13FN2O. The van der Waals surface area contributed by atoms with Crippen LogP contribution in [0.15, 0.2) is 24.3 Å². The Kier molecular flexibility index (Phi) is 3.59. The number of aryl methyl sites for hydroxylation is 1. The molecule has 4 heteroatoms. The molecule has 0 aliphatic heterocycles. The first kappa shape index (κ1) is 10.7. The molecule has 1 unspecified atom stereocenters. The summed E-state index contributed by atoms with van der Waals surface area (Å²) in [6.07, 6.45) is -0.927. The summed E-state index contributed by atoms with van der Waals surface area (Å²) in [5, 5.41) is 2.33. The van der Waals surface area contributed by atoms with E-state index in [1.807, 2.05) is 19.1 Å². The minimum absolute atomic E-state index is 0.352. The lowest BCUT2D eigenvalue weighted by molar-refractivity contribution is 0.0931. The van der Waals surface area contributed by atoms with Gasteiger partial charge in [0.1, 0.15) is 12.8 Å². The first-order chi connectivity index (χ1) is 6.63. The number of nitrogens with two attached hydrogens (primary N) is 1. The topological polar surface area (TPSA) is 55.1 Å². The van der Waals surface area contributed by atoms with E-state index in [-0.39, 0.29) is 5.91 Å². The Labute approximate surface area is 82.1 Å². The van der Waals surface area contributed by atoms with Crippen LogP contribution in [0.3, 0.4) is 0 Å². The minimum atomic E-state index is -0.927. The van der Waals surface area contributed by atoms with E-state index in [4.69, 9.17) is 5.73 Å². The molecule has 1 aromatic carbocycles. The van der Waals surface area contributed by atoms with E-state index in [0.29, 0.717) is 5.56 Å². The van der Waals surface area contributed by atoms with Crippen LogP contribution >= 0.6 is 0 Å². The van der Waals surface area contributed by atoms with Crippen molar-refractivity contribution in [2.45, 2.75) is 13.1 Å². The molecule has 76 valence electrons. The fourth-order valence-corrected chi connectivity index (χ4v) is 0.995. The van der Waals surface area contributed by atoms with Crippen molar-refractivity contribution in [1.29, 1.82) is 0 Å². The maximum atomic E-state index is 12.0. The molecule has 0 spiro atoms. The van der Waals surface area contributed by atoms with Gasteiger partial charge in [0.05, 0.1) is 0 Å². The van der Waals surface area contributed by atoms with Crippen molar-refractivity contribution in [1.82, 2.24) is 5.32 Å². The predicted octanol–water partition coefficient (Wildman–Crippen LogP) is 0.979. The van der Waals surface area contributed by atoms with E-state index < -0.39 is 12.8 Å². The molecule has 3 N–H and O–H groups in total. The molecule has 3 nitrogen and oxygen atoms in total. The van der Waals surface area contributed by atoms with Crippen LogP contribution in [0.2, 0.25) is 0 Å². The van der Waals surface area contributed by atoms with Crippen LogP contribution in [0.5, 0.6) is 0 Å². The van der Waals surface area contributed by atoms with Crippen molar-refractivity contribution in [2.75, 3.05) is 6.67 Å². The van der Waals surface area contributed by atoms with E-state index in [9.17, 15) is 9.18 Å². The lowest BCUT2D eigenvalue weighted by Gasteiger charge is -2.09. The number of alkyl halides is 1. The Hall–Kier alpha value is -1.42.